The minimum absolute atomic E-state index is 0.00460. The van der Waals surface area contributed by atoms with Crippen molar-refractivity contribution in [3.8, 4) is 11.8 Å². The second kappa shape index (κ2) is 6.80. The lowest BCUT2D eigenvalue weighted by molar-refractivity contribution is -0.112. The first-order chi connectivity index (χ1) is 9.79. The van der Waals surface area contributed by atoms with Gasteiger partial charge in [-0.05, 0) is 39.8 Å². The zero-order chi connectivity index (χ0) is 16.0. The number of para-hydroxylation sites is 2. The highest BCUT2D eigenvalue weighted by atomic mass is 16.3. The lowest BCUT2D eigenvalue weighted by Gasteiger charge is -2.33. The largest absolute Gasteiger partial charge is 0.506 e. The molecule has 0 spiro atoms. The summed E-state index contributed by atoms with van der Waals surface area (Å²) in [7, 11) is 0. The molecule has 2 N–H and O–H groups in total. The Hall–Kier alpha value is -2.48. The molecule has 112 valence electrons. The molecule has 0 aromatic heterocycles. The molecule has 21 heavy (non-hydrogen) atoms. The molecule has 1 rings (SSSR count). The SMILES string of the molecule is CCN(/C=C(/C#N)C(=O)Nc1ccccc1O)C(C)(C)C. The number of benzene rings is 1. The van der Waals surface area contributed by atoms with Crippen LogP contribution in [0.2, 0.25) is 0 Å². The van der Waals surface area contributed by atoms with Crippen molar-refractivity contribution in [3.63, 3.8) is 0 Å². The molecule has 0 radical (unpaired) electrons. The normalized spacial score (nSPS) is 11.7. The third-order valence-electron chi connectivity index (χ3n) is 3.00. The Labute approximate surface area is 125 Å². The predicted molar refractivity (Wildman–Crippen MR) is 82.6 cm³/mol. The second-order valence-electron chi connectivity index (χ2n) is 5.58. The summed E-state index contributed by atoms with van der Waals surface area (Å²) in [5.74, 6) is -0.576. The first-order valence-corrected chi connectivity index (χ1v) is 6.77. The summed E-state index contributed by atoms with van der Waals surface area (Å²) in [6, 6.07) is 8.30. The molecule has 0 saturated heterocycles. The molecule has 0 saturated carbocycles. The smallest absolute Gasteiger partial charge is 0.267 e. The van der Waals surface area contributed by atoms with E-state index in [1.54, 1.807) is 24.4 Å². The number of hydrogen-bond donors (Lipinski definition) is 2. The fraction of sp³-hybridized carbons (Fsp3) is 0.375. The Bertz CT molecular complexity index is 580. The molecule has 0 aliphatic rings. The number of phenolic OH excluding ortho intramolecular Hbond substituents is 1. The quantitative estimate of drug-likeness (QED) is 0.507. The van der Waals surface area contributed by atoms with E-state index in [4.69, 9.17) is 0 Å². The number of carbonyl (C=O) groups excluding carboxylic acids is 1. The summed E-state index contributed by atoms with van der Waals surface area (Å²) in [5, 5.41) is 21.4. The molecule has 0 aliphatic carbocycles. The first kappa shape index (κ1) is 16.6. The number of nitrogens with one attached hydrogen (secondary N) is 1. The van der Waals surface area contributed by atoms with Crippen LogP contribution in [0, 0.1) is 11.3 Å². The van der Waals surface area contributed by atoms with Crippen LogP contribution in [-0.2, 0) is 4.79 Å². The number of phenols is 1. The Morgan fingerprint density at radius 3 is 2.52 bits per heavy atom. The van der Waals surface area contributed by atoms with Gasteiger partial charge in [0, 0.05) is 18.3 Å². The standard InChI is InChI=1S/C16H21N3O2/c1-5-19(16(2,3)4)11-12(10-17)15(21)18-13-8-6-7-9-14(13)20/h6-9,11,20H,5H2,1-4H3,(H,18,21)/b12-11-. The zero-order valence-corrected chi connectivity index (χ0v) is 12.8. The minimum Gasteiger partial charge on any atom is -0.506 e. The molecule has 5 nitrogen and oxygen atoms in total. The highest BCUT2D eigenvalue weighted by Crippen LogP contribution is 2.22. The maximum absolute atomic E-state index is 12.1. The monoisotopic (exact) mass is 287 g/mol. The van der Waals surface area contributed by atoms with Crippen molar-refractivity contribution in [2.45, 2.75) is 33.2 Å². The van der Waals surface area contributed by atoms with Gasteiger partial charge in [-0.15, -0.1) is 0 Å². The maximum atomic E-state index is 12.1. The minimum atomic E-state index is -0.540. The van der Waals surface area contributed by atoms with Gasteiger partial charge in [0.1, 0.15) is 17.4 Å². The molecule has 1 amide bonds. The molecule has 0 bridgehead atoms. The van der Waals surface area contributed by atoms with Crippen LogP contribution in [0.1, 0.15) is 27.7 Å². The Kier molecular flexibility index (Phi) is 5.37. The van der Waals surface area contributed by atoms with E-state index in [2.05, 4.69) is 5.32 Å². The van der Waals surface area contributed by atoms with Gasteiger partial charge >= 0.3 is 0 Å². The molecule has 0 heterocycles. The van der Waals surface area contributed by atoms with Crippen LogP contribution in [0.15, 0.2) is 36.0 Å². The Balaban J connectivity index is 2.98. The van der Waals surface area contributed by atoms with Gasteiger partial charge in [-0.25, -0.2) is 0 Å². The highest BCUT2D eigenvalue weighted by Gasteiger charge is 2.19. The average molecular weight is 287 g/mol. The average Bonchev–Trinajstić information content (AvgIpc) is 2.41. The van der Waals surface area contributed by atoms with Crippen LogP contribution in [0.25, 0.3) is 0 Å². The van der Waals surface area contributed by atoms with Gasteiger partial charge < -0.3 is 15.3 Å². The van der Waals surface area contributed by atoms with Crippen molar-refractivity contribution < 1.29 is 9.90 Å². The maximum Gasteiger partial charge on any atom is 0.267 e. The zero-order valence-electron chi connectivity index (χ0n) is 12.8. The number of aromatic hydroxyl groups is 1. The van der Waals surface area contributed by atoms with E-state index in [0.29, 0.717) is 6.54 Å². The van der Waals surface area contributed by atoms with Crippen LogP contribution in [0.3, 0.4) is 0 Å². The van der Waals surface area contributed by atoms with Crippen molar-refractivity contribution in [3.05, 3.63) is 36.0 Å². The molecule has 0 atom stereocenters. The Morgan fingerprint density at radius 2 is 2.05 bits per heavy atom. The Morgan fingerprint density at radius 1 is 1.43 bits per heavy atom. The van der Waals surface area contributed by atoms with Gasteiger partial charge in [-0.3, -0.25) is 4.79 Å². The lowest BCUT2D eigenvalue weighted by Crippen LogP contribution is -2.37. The number of carbonyl (C=O) groups is 1. The van der Waals surface area contributed by atoms with E-state index >= 15 is 0 Å². The van der Waals surface area contributed by atoms with E-state index in [1.807, 2.05) is 38.7 Å². The van der Waals surface area contributed by atoms with Gasteiger partial charge in [0.05, 0.1) is 5.69 Å². The highest BCUT2D eigenvalue weighted by molar-refractivity contribution is 6.07. The summed E-state index contributed by atoms with van der Waals surface area (Å²) in [6.45, 7) is 8.64. The van der Waals surface area contributed by atoms with E-state index in [1.165, 1.54) is 6.07 Å². The van der Waals surface area contributed by atoms with E-state index in [-0.39, 0.29) is 22.5 Å². The van der Waals surface area contributed by atoms with Crippen molar-refractivity contribution >= 4 is 11.6 Å². The van der Waals surface area contributed by atoms with Gasteiger partial charge in [0.15, 0.2) is 0 Å². The number of nitriles is 1. The molecule has 0 aliphatic heterocycles. The van der Waals surface area contributed by atoms with Crippen molar-refractivity contribution in [1.82, 2.24) is 4.90 Å². The summed E-state index contributed by atoms with van der Waals surface area (Å²) >= 11 is 0. The lowest BCUT2D eigenvalue weighted by atomic mass is 10.1. The van der Waals surface area contributed by atoms with E-state index < -0.39 is 5.91 Å². The number of amides is 1. The fourth-order valence-electron chi connectivity index (χ4n) is 1.82. The molecule has 5 heteroatoms. The summed E-state index contributed by atoms with van der Waals surface area (Å²) in [5.41, 5.74) is 0.0870. The van der Waals surface area contributed by atoms with Gasteiger partial charge in [-0.1, -0.05) is 12.1 Å². The number of nitrogens with zero attached hydrogens (tertiary/aromatic N) is 2. The second-order valence-corrected chi connectivity index (χ2v) is 5.58. The first-order valence-electron chi connectivity index (χ1n) is 6.77. The third-order valence-corrected chi connectivity index (χ3v) is 3.00. The predicted octanol–water partition coefficient (Wildman–Crippen LogP) is 2.86. The third kappa shape index (κ3) is 4.53. The van der Waals surface area contributed by atoms with Crippen molar-refractivity contribution in [2.24, 2.45) is 0 Å². The molecule has 1 aromatic carbocycles. The molecule has 0 unspecified atom stereocenters. The van der Waals surface area contributed by atoms with Crippen molar-refractivity contribution in [1.29, 1.82) is 5.26 Å². The summed E-state index contributed by atoms with van der Waals surface area (Å²) < 4.78 is 0. The van der Waals surface area contributed by atoms with Crippen LogP contribution < -0.4 is 5.32 Å². The van der Waals surface area contributed by atoms with E-state index in [9.17, 15) is 15.2 Å². The van der Waals surface area contributed by atoms with Gasteiger partial charge in [0.25, 0.3) is 5.91 Å². The molecular weight excluding hydrogens is 266 g/mol. The van der Waals surface area contributed by atoms with Gasteiger partial charge in [0.2, 0.25) is 0 Å². The fourth-order valence-corrected chi connectivity index (χ4v) is 1.82. The van der Waals surface area contributed by atoms with Gasteiger partial charge in [-0.2, -0.15) is 5.26 Å². The molecular formula is C16H21N3O2. The van der Waals surface area contributed by atoms with Crippen LogP contribution in [0.4, 0.5) is 5.69 Å². The number of anilines is 1. The summed E-state index contributed by atoms with van der Waals surface area (Å²) in [4.78, 5) is 14.0. The molecule has 1 aromatic rings. The van der Waals surface area contributed by atoms with Crippen LogP contribution in [0.5, 0.6) is 5.75 Å². The number of rotatable bonds is 4. The molecule has 0 fully saturated rings. The van der Waals surface area contributed by atoms with Crippen LogP contribution >= 0.6 is 0 Å². The summed E-state index contributed by atoms with van der Waals surface area (Å²) in [6.07, 6.45) is 1.55. The topological polar surface area (TPSA) is 76.4 Å². The van der Waals surface area contributed by atoms with E-state index in [0.717, 1.165) is 0 Å². The van der Waals surface area contributed by atoms with Crippen LogP contribution in [-0.4, -0.2) is 28.0 Å². The number of hydrogen-bond acceptors (Lipinski definition) is 4. The van der Waals surface area contributed by atoms with Crippen molar-refractivity contribution in [2.75, 3.05) is 11.9 Å².